The number of furan rings is 1. The van der Waals surface area contributed by atoms with E-state index in [4.69, 9.17) is 14.9 Å². The number of aryl methyl sites for hydroxylation is 1. The van der Waals surface area contributed by atoms with Gasteiger partial charge in [-0.15, -0.1) is 0 Å². The van der Waals surface area contributed by atoms with Gasteiger partial charge in [0.25, 0.3) is 5.91 Å². The topological polar surface area (TPSA) is 68.7 Å². The SMILES string of the molecule is Cc1ccc(C(=O)N2CCC(OCCN)CC2)o1. The van der Waals surface area contributed by atoms with Crippen LogP contribution in [0.3, 0.4) is 0 Å². The summed E-state index contributed by atoms with van der Waals surface area (Å²) in [4.78, 5) is 13.9. The summed E-state index contributed by atoms with van der Waals surface area (Å²) in [5.74, 6) is 1.16. The fourth-order valence-corrected chi connectivity index (χ4v) is 2.17. The van der Waals surface area contributed by atoms with Crippen molar-refractivity contribution in [1.82, 2.24) is 4.90 Å². The van der Waals surface area contributed by atoms with Crippen LogP contribution in [0.1, 0.15) is 29.2 Å². The van der Waals surface area contributed by atoms with E-state index in [2.05, 4.69) is 0 Å². The Morgan fingerprint density at radius 2 is 2.22 bits per heavy atom. The van der Waals surface area contributed by atoms with E-state index in [1.807, 2.05) is 17.9 Å². The number of piperidine rings is 1. The van der Waals surface area contributed by atoms with E-state index in [1.165, 1.54) is 0 Å². The molecule has 0 bridgehead atoms. The molecule has 1 aromatic heterocycles. The fourth-order valence-electron chi connectivity index (χ4n) is 2.17. The van der Waals surface area contributed by atoms with Gasteiger partial charge in [-0.25, -0.2) is 0 Å². The van der Waals surface area contributed by atoms with Gasteiger partial charge in [-0.05, 0) is 31.9 Å². The van der Waals surface area contributed by atoms with Crippen LogP contribution < -0.4 is 5.73 Å². The molecule has 5 nitrogen and oxygen atoms in total. The summed E-state index contributed by atoms with van der Waals surface area (Å²) in [6, 6.07) is 3.54. The van der Waals surface area contributed by atoms with E-state index < -0.39 is 0 Å². The maximum atomic E-state index is 12.1. The minimum atomic E-state index is -0.0274. The molecule has 2 N–H and O–H groups in total. The molecule has 1 aliphatic rings. The van der Waals surface area contributed by atoms with Gasteiger partial charge < -0.3 is 19.8 Å². The minimum Gasteiger partial charge on any atom is -0.456 e. The zero-order valence-corrected chi connectivity index (χ0v) is 10.7. The number of hydrogen-bond donors (Lipinski definition) is 1. The summed E-state index contributed by atoms with van der Waals surface area (Å²) in [6.45, 7) is 4.41. The Labute approximate surface area is 107 Å². The molecule has 0 radical (unpaired) electrons. The molecule has 1 saturated heterocycles. The van der Waals surface area contributed by atoms with Crippen molar-refractivity contribution in [3.63, 3.8) is 0 Å². The number of ether oxygens (including phenoxy) is 1. The predicted molar refractivity (Wildman–Crippen MR) is 67.4 cm³/mol. The van der Waals surface area contributed by atoms with E-state index in [9.17, 15) is 4.79 Å². The highest BCUT2D eigenvalue weighted by Gasteiger charge is 2.25. The second kappa shape index (κ2) is 6.02. The van der Waals surface area contributed by atoms with Crippen molar-refractivity contribution in [3.8, 4) is 0 Å². The third-order valence-electron chi connectivity index (χ3n) is 3.15. The van der Waals surface area contributed by atoms with Crippen molar-refractivity contribution < 1.29 is 13.9 Å². The average molecular weight is 252 g/mol. The van der Waals surface area contributed by atoms with Gasteiger partial charge in [-0.1, -0.05) is 0 Å². The molecule has 2 rings (SSSR count). The summed E-state index contributed by atoms with van der Waals surface area (Å²) in [5, 5.41) is 0. The molecule has 0 atom stereocenters. The number of nitrogens with two attached hydrogens (primary N) is 1. The molecule has 0 saturated carbocycles. The van der Waals surface area contributed by atoms with Crippen LogP contribution in [-0.2, 0) is 4.74 Å². The highest BCUT2D eigenvalue weighted by Crippen LogP contribution is 2.17. The maximum Gasteiger partial charge on any atom is 0.289 e. The van der Waals surface area contributed by atoms with Crippen LogP contribution in [0.15, 0.2) is 16.5 Å². The van der Waals surface area contributed by atoms with Crippen molar-refractivity contribution in [2.75, 3.05) is 26.2 Å². The van der Waals surface area contributed by atoms with Crippen molar-refractivity contribution in [2.45, 2.75) is 25.9 Å². The number of nitrogens with zero attached hydrogens (tertiary/aromatic N) is 1. The second-order valence-corrected chi connectivity index (χ2v) is 4.56. The molecule has 1 aliphatic heterocycles. The maximum absolute atomic E-state index is 12.1. The van der Waals surface area contributed by atoms with Crippen LogP contribution in [0, 0.1) is 6.92 Å². The third kappa shape index (κ3) is 3.11. The molecule has 0 aliphatic carbocycles. The smallest absolute Gasteiger partial charge is 0.289 e. The Hall–Kier alpha value is -1.33. The summed E-state index contributed by atoms with van der Waals surface area (Å²) in [6.07, 6.45) is 1.97. The average Bonchev–Trinajstić information content (AvgIpc) is 2.83. The number of carbonyl (C=O) groups excluding carboxylic acids is 1. The lowest BCUT2D eigenvalue weighted by molar-refractivity contribution is 0.0112. The molecule has 0 spiro atoms. The first kappa shape index (κ1) is 13.1. The van der Waals surface area contributed by atoms with Gasteiger partial charge in [0.2, 0.25) is 0 Å². The molecule has 1 amide bonds. The van der Waals surface area contributed by atoms with E-state index in [1.54, 1.807) is 6.07 Å². The molecule has 0 aromatic carbocycles. The molecule has 5 heteroatoms. The Balaban J connectivity index is 1.84. The quantitative estimate of drug-likeness (QED) is 0.873. The number of likely N-dealkylation sites (tertiary alicyclic amines) is 1. The van der Waals surface area contributed by atoms with Crippen LogP contribution in [-0.4, -0.2) is 43.2 Å². The number of carbonyl (C=O) groups is 1. The van der Waals surface area contributed by atoms with Crippen LogP contribution in [0.4, 0.5) is 0 Å². The molecular formula is C13H20N2O3. The van der Waals surface area contributed by atoms with E-state index >= 15 is 0 Å². The molecule has 18 heavy (non-hydrogen) atoms. The highest BCUT2D eigenvalue weighted by atomic mass is 16.5. The normalized spacial score (nSPS) is 17.1. The first-order valence-corrected chi connectivity index (χ1v) is 6.38. The number of amides is 1. The van der Waals surface area contributed by atoms with Crippen molar-refractivity contribution in [2.24, 2.45) is 5.73 Å². The fraction of sp³-hybridized carbons (Fsp3) is 0.615. The van der Waals surface area contributed by atoms with Crippen molar-refractivity contribution in [1.29, 1.82) is 0 Å². The van der Waals surface area contributed by atoms with Crippen molar-refractivity contribution in [3.05, 3.63) is 23.7 Å². The van der Waals surface area contributed by atoms with Crippen LogP contribution >= 0.6 is 0 Å². The minimum absolute atomic E-state index is 0.0274. The van der Waals surface area contributed by atoms with Crippen LogP contribution in [0.2, 0.25) is 0 Å². The molecule has 1 aromatic rings. The zero-order valence-electron chi connectivity index (χ0n) is 10.7. The molecule has 100 valence electrons. The first-order chi connectivity index (χ1) is 8.70. The van der Waals surface area contributed by atoms with Gasteiger partial charge in [0, 0.05) is 19.6 Å². The van der Waals surface area contributed by atoms with Gasteiger partial charge in [0.1, 0.15) is 5.76 Å². The monoisotopic (exact) mass is 252 g/mol. The number of rotatable bonds is 4. The molecule has 0 unspecified atom stereocenters. The van der Waals surface area contributed by atoms with E-state index in [0.29, 0.717) is 32.0 Å². The summed E-state index contributed by atoms with van der Waals surface area (Å²) >= 11 is 0. The lowest BCUT2D eigenvalue weighted by Gasteiger charge is -2.31. The van der Waals surface area contributed by atoms with Gasteiger partial charge in [0.15, 0.2) is 5.76 Å². The Kier molecular flexibility index (Phi) is 4.38. The largest absolute Gasteiger partial charge is 0.456 e. The van der Waals surface area contributed by atoms with E-state index in [0.717, 1.165) is 18.6 Å². The summed E-state index contributed by atoms with van der Waals surface area (Å²) in [5.41, 5.74) is 5.40. The lowest BCUT2D eigenvalue weighted by Crippen LogP contribution is -2.41. The van der Waals surface area contributed by atoms with E-state index in [-0.39, 0.29) is 12.0 Å². The molecular weight excluding hydrogens is 232 g/mol. The Bertz CT molecular complexity index is 395. The molecule has 1 fully saturated rings. The summed E-state index contributed by atoms with van der Waals surface area (Å²) in [7, 11) is 0. The zero-order chi connectivity index (χ0) is 13.0. The van der Waals surface area contributed by atoms with Gasteiger partial charge in [-0.2, -0.15) is 0 Å². The standard InChI is InChI=1S/C13H20N2O3/c1-10-2-3-12(18-10)13(16)15-7-4-11(5-8-15)17-9-6-14/h2-3,11H,4-9,14H2,1H3. The van der Waals surface area contributed by atoms with Crippen LogP contribution in [0.25, 0.3) is 0 Å². The van der Waals surface area contributed by atoms with Gasteiger partial charge in [-0.3, -0.25) is 4.79 Å². The Morgan fingerprint density at radius 3 is 2.78 bits per heavy atom. The first-order valence-electron chi connectivity index (χ1n) is 6.38. The van der Waals surface area contributed by atoms with Crippen LogP contribution in [0.5, 0.6) is 0 Å². The highest BCUT2D eigenvalue weighted by molar-refractivity contribution is 5.91. The molecule has 2 heterocycles. The van der Waals surface area contributed by atoms with Crippen molar-refractivity contribution >= 4 is 5.91 Å². The Morgan fingerprint density at radius 1 is 1.50 bits per heavy atom. The predicted octanol–water partition coefficient (Wildman–Crippen LogP) is 1.17. The summed E-state index contributed by atoms with van der Waals surface area (Å²) < 4.78 is 10.9. The van der Waals surface area contributed by atoms with Gasteiger partial charge in [0.05, 0.1) is 12.7 Å². The number of hydrogen-bond acceptors (Lipinski definition) is 4. The van der Waals surface area contributed by atoms with Gasteiger partial charge >= 0.3 is 0 Å². The second-order valence-electron chi connectivity index (χ2n) is 4.56. The lowest BCUT2D eigenvalue weighted by atomic mass is 10.1. The third-order valence-corrected chi connectivity index (χ3v) is 3.15.